The lowest BCUT2D eigenvalue weighted by atomic mass is 10.2. The van der Waals surface area contributed by atoms with Crippen LogP contribution >= 0.6 is 11.3 Å². The molecular formula is C10H15N5S. The third-order valence-corrected chi connectivity index (χ3v) is 3.41. The Morgan fingerprint density at radius 3 is 2.94 bits per heavy atom. The number of aromatic nitrogens is 3. The minimum absolute atomic E-state index is 0.00514. The van der Waals surface area contributed by atoms with Crippen molar-refractivity contribution in [1.82, 2.24) is 20.0 Å². The van der Waals surface area contributed by atoms with Gasteiger partial charge in [0.05, 0.1) is 11.0 Å². The zero-order valence-electron chi connectivity index (χ0n) is 9.34. The second-order valence-electron chi connectivity index (χ2n) is 3.70. The molecule has 0 aliphatic carbocycles. The van der Waals surface area contributed by atoms with Gasteiger partial charge in [-0.2, -0.15) is 0 Å². The van der Waals surface area contributed by atoms with Gasteiger partial charge in [-0.25, -0.2) is 15.4 Å². The van der Waals surface area contributed by atoms with E-state index in [9.17, 15) is 0 Å². The Hall–Kier alpha value is -1.24. The summed E-state index contributed by atoms with van der Waals surface area (Å²) < 4.78 is 1.96. The summed E-state index contributed by atoms with van der Waals surface area (Å²) in [6.45, 7) is 1.99. The molecule has 5 nitrogen and oxygen atoms in total. The lowest BCUT2D eigenvalue weighted by molar-refractivity contribution is 0.506. The van der Waals surface area contributed by atoms with Gasteiger partial charge in [-0.05, 0) is 6.92 Å². The fourth-order valence-electron chi connectivity index (χ4n) is 1.61. The van der Waals surface area contributed by atoms with Crippen LogP contribution in [0.3, 0.4) is 0 Å². The standard InChI is InChI=1S/C10H15N5S/c1-7-6-16-9(13-7)5-8(14-11)10-12-3-4-15(10)2/h3-4,6,8,14H,5,11H2,1-2H3. The number of hydrogen-bond acceptors (Lipinski definition) is 5. The Kier molecular flexibility index (Phi) is 3.33. The molecule has 1 atom stereocenters. The second-order valence-corrected chi connectivity index (χ2v) is 4.65. The quantitative estimate of drug-likeness (QED) is 0.613. The van der Waals surface area contributed by atoms with Gasteiger partial charge in [0.2, 0.25) is 0 Å². The van der Waals surface area contributed by atoms with E-state index < -0.39 is 0 Å². The van der Waals surface area contributed by atoms with Gasteiger partial charge in [0.15, 0.2) is 0 Å². The average molecular weight is 237 g/mol. The van der Waals surface area contributed by atoms with Gasteiger partial charge in [0.1, 0.15) is 5.82 Å². The molecule has 0 amide bonds. The van der Waals surface area contributed by atoms with Crippen molar-refractivity contribution in [3.63, 3.8) is 0 Å². The van der Waals surface area contributed by atoms with Crippen molar-refractivity contribution < 1.29 is 0 Å². The van der Waals surface area contributed by atoms with Crippen molar-refractivity contribution in [2.45, 2.75) is 19.4 Å². The van der Waals surface area contributed by atoms with Crippen LogP contribution in [0.1, 0.15) is 22.6 Å². The second kappa shape index (κ2) is 4.73. The summed E-state index contributed by atoms with van der Waals surface area (Å²) in [7, 11) is 1.96. The molecule has 0 saturated heterocycles. The first kappa shape index (κ1) is 11.3. The minimum atomic E-state index is 0.00514. The number of hydrazine groups is 1. The van der Waals surface area contributed by atoms with Crippen molar-refractivity contribution in [3.8, 4) is 0 Å². The highest BCUT2D eigenvalue weighted by Crippen LogP contribution is 2.18. The molecule has 0 fully saturated rings. The molecule has 0 aliphatic rings. The summed E-state index contributed by atoms with van der Waals surface area (Å²) in [6, 6.07) is 0.00514. The van der Waals surface area contributed by atoms with Crippen LogP contribution < -0.4 is 11.3 Å². The van der Waals surface area contributed by atoms with Gasteiger partial charge >= 0.3 is 0 Å². The summed E-state index contributed by atoms with van der Waals surface area (Å²) in [5.74, 6) is 6.49. The van der Waals surface area contributed by atoms with Gasteiger partial charge in [-0.1, -0.05) is 0 Å². The van der Waals surface area contributed by atoms with Gasteiger partial charge in [-0.15, -0.1) is 11.3 Å². The molecule has 2 rings (SSSR count). The highest BCUT2D eigenvalue weighted by atomic mass is 32.1. The van der Waals surface area contributed by atoms with Crippen LogP contribution in [0.4, 0.5) is 0 Å². The zero-order valence-corrected chi connectivity index (χ0v) is 10.2. The molecule has 2 aromatic heterocycles. The predicted octanol–water partition coefficient (Wildman–Crippen LogP) is 0.932. The Labute approximate surface area is 98.3 Å². The van der Waals surface area contributed by atoms with E-state index in [0.29, 0.717) is 0 Å². The molecule has 86 valence electrons. The summed E-state index contributed by atoms with van der Waals surface area (Å²) in [5, 5.41) is 3.12. The maximum atomic E-state index is 5.56. The van der Waals surface area contributed by atoms with E-state index in [-0.39, 0.29) is 6.04 Å². The Morgan fingerprint density at radius 1 is 1.62 bits per heavy atom. The Bertz CT molecular complexity index is 461. The molecule has 1 unspecified atom stereocenters. The van der Waals surface area contributed by atoms with Crippen LogP contribution in [-0.4, -0.2) is 14.5 Å². The number of rotatable bonds is 4. The van der Waals surface area contributed by atoms with E-state index in [1.165, 1.54) is 0 Å². The summed E-state index contributed by atoms with van der Waals surface area (Å²) in [5.41, 5.74) is 3.84. The van der Waals surface area contributed by atoms with Gasteiger partial charge in [0, 0.05) is 36.9 Å². The average Bonchev–Trinajstić information content (AvgIpc) is 2.84. The zero-order chi connectivity index (χ0) is 11.5. The summed E-state index contributed by atoms with van der Waals surface area (Å²) >= 11 is 1.65. The molecule has 6 heteroatoms. The number of nitrogens with two attached hydrogens (primary N) is 1. The van der Waals surface area contributed by atoms with Gasteiger partial charge in [0.25, 0.3) is 0 Å². The van der Waals surface area contributed by atoms with Crippen molar-refractivity contribution in [2.75, 3.05) is 0 Å². The smallest absolute Gasteiger partial charge is 0.127 e. The Morgan fingerprint density at radius 2 is 2.44 bits per heavy atom. The third kappa shape index (κ3) is 2.29. The van der Waals surface area contributed by atoms with E-state index in [4.69, 9.17) is 5.84 Å². The third-order valence-electron chi connectivity index (χ3n) is 2.42. The van der Waals surface area contributed by atoms with Crippen LogP contribution in [-0.2, 0) is 13.5 Å². The summed E-state index contributed by atoms with van der Waals surface area (Å²) in [6.07, 6.45) is 4.44. The first-order chi connectivity index (χ1) is 7.70. The van der Waals surface area contributed by atoms with E-state index >= 15 is 0 Å². The highest BCUT2D eigenvalue weighted by Gasteiger charge is 2.16. The summed E-state index contributed by atoms with van der Waals surface area (Å²) in [4.78, 5) is 8.71. The van der Waals surface area contributed by atoms with Gasteiger partial charge in [-0.3, -0.25) is 5.84 Å². The lowest BCUT2D eigenvalue weighted by Gasteiger charge is -2.13. The number of nitrogens with zero attached hydrogens (tertiary/aromatic N) is 3. The molecule has 2 aromatic rings. The number of nitrogens with one attached hydrogen (secondary N) is 1. The normalized spacial score (nSPS) is 12.9. The van der Waals surface area contributed by atoms with Crippen LogP contribution in [0.25, 0.3) is 0 Å². The first-order valence-electron chi connectivity index (χ1n) is 5.05. The molecule has 0 spiro atoms. The number of imidazole rings is 1. The predicted molar refractivity (Wildman–Crippen MR) is 63.8 cm³/mol. The Balaban J connectivity index is 2.15. The molecule has 0 radical (unpaired) electrons. The van der Waals surface area contributed by atoms with E-state index in [1.54, 1.807) is 17.5 Å². The number of aryl methyl sites for hydroxylation is 2. The van der Waals surface area contributed by atoms with Crippen LogP contribution in [0.15, 0.2) is 17.8 Å². The highest BCUT2D eigenvalue weighted by molar-refractivity contribution is 7.09. The number of thiazole rings is 1. The van der Waals surface area contributed by atoms with Crippen molar-refractivity contribution in [2.24, 2.45) is 12.9 Å². The molecule has 0 aliphatic heterocycles. The largest absolute Gasteiger partial charge is 0.337 e. The topological polar surface area (TPSA) is 68.8 Å². The van der Waals surface area contributed by atoms with Crippen molar-refractivity contribution >= 4 is 11.3 Å². The van der Waals surface area contributed by atoms with Crippen LogP contribution in [0.5, 0.6) is 0 Å². The monoisotopic (exact) mass is 237 g/mol. The fourth-order valence-corrected chi connectivity index (χ4v) is 2.43. The van der Waals surface area contributed by atoms with Crippen LogP contribution in [0.2, 0.25) is 0 Å². The van der Waals surface area contributed by atoms with Crippen molar-refractivity contribution in [3.05, 3.63) is 34.3 Å². The molecule has 0 bridgehead atoms. The van der Waals surface area contributed by atoms with Crippen molar-refractivity contribution in [1.29, 1.82) is 0 Å². The molecular weight excluding hydrogens is 222 g/mol. The maximum Gasteiger partial charge on any atom is 0.127 e. The van der Waals surface area contributed by atoms with E-state index in [1.807, 2.05) is 30.1 Å². The molecule has 2 heterocycles. The molecule has 16 heavy (non-hydrogen) atoms. The first-order valence-corrected chi connectivity index (χ1v) is 5.93. The SMILES string of the molecule is Cc1csc(CC(NN)c2nccn2C)n1. The fraction of sp³-hybridized carbons (Fsp3) is 0.400. The van der Waals surface area contributed by atoms with E-state index in [2.05, 4.69) is 15.4 Å². The van der Waals surface area contributed by atoms with E-state index in [0.717, 1.165) is 22.9 Å². The molecule has 0 saturated carbocycles. The minimum Gasteiger partial charge on any atom is -0.337 e. The molecule has 0 aromatic carbocycles. The molecule has 3 N–H and O–H groups in total. The van der Waals surface area contributed by atoms with Crippen LogP contribution in [0, 0.1) is 6.92 Å². The maximum absolute atomic E-state index is 5.56. The lowest BCUT2D eigenvalue weighted by Crippen LogP contribution is -2.31. The number of hydrogen-bond donors (Lipinski definition) is 2. The van der Waals surface area contributed by atoms with Gasteiger partial charge < -0.3 is 4.57 Å².